The van der Waals surface area contributed by atoms with Crippen molar-refractivity contribution in [2.24, 2.45) is 0 Å². The van der Waals surface area contributed by atoms with Crippen molar-refractivity contribution in [2.75, 3.05) is 7.05 Å². The molecule has 0 amide bonds. The molecule has 0 aromatic heterocycles. The predicted molar refractivity (Wildman–Crippen MR) is 76.4 cm³/mol. The van der Waals surface area contributed by atoms with E-state index in [2.05, 4.69) is 10.0 Å². The molecule has 1 aromatic carbocycles. The molecule has 1 fully saturated rings. The van der Waals surface area contributed by atoms with Gasteiger partial charge in [-0.3, -0.25) is 0 Å². The molecule has 0 radical (unpaired) electrons. The van der Waals surface area contributed by atoms with E-state index in [1.807, 2.05) is 0 Å². The maximum Gasteiger partial charge on any atom is 0.243 e. The van der Waals surface area contributed by atoms with Gasteiger partial charge in [0.25, 0.3) is 0 Å². The molecule has 1 saturated carbocycles. The second kappa shape index (κ2) is 6.65. The normalized spacial score (nSPS) is 17.3. The molecule has 0 atom stereocenters. The molecule has 112 valence electrons. The van der Waals surface area contributed by atoms with E-state index in [9.17, 15) is 12.8 Å². The lowest BCUT2D eigenvalue weighted by Crippen LogP contribution is -2.36. The van der Waals surface area contributed by atoms with Crippen LogP contribution in [0.5, 0.6) is 0 Å². The molecule has 0 saturated heterocycles. The minimum Gasteiger partial charge on any atom is -0.316 e. The predicted octanol–water partition coefficient (Wildman–Crippen LogP) is 2.16. The highest BCUT2D eigenvalue weighted by Gasteiger charge is 2.24. The van der Waals surface area contributed by atoms with E-state index in [1.54, 1.807) is 13.1 Å². The Morgan fingerprint density at radius 2 is 1.95 bits per heavy atom. The van der Waals surface area contributed by atoms with Crippen LogP contribution in [0.15, 0.2) is 23.1 Å². The van der Waals surface area contributed by atoms with E-state index in [4.69, 9.17) is 0 Å². The summed E-state index contributed by atoms with van der Waals surface area (Å²) in [5.41, 5.74) is 0.724. The van der Waals surface area contributed by atoms with Gasteiger partial charge < -0.3 is 5.32 Å². The van der Waals surface area contributed by atoms with E-state index in [0.717, 1.165) is 37.7 Å². The van der Waals surface area contributed by atoms with E-state index in [-0.39, 0.29) is 10.9 Å². The number of benzene rings is 1. The molecule has 4 nitrogen and oxygen atoms in total. The van der Waals surface area contributed by atoms with Crippen LogP contribution >= 0.6 is 0 Å². The third kappa shape index (κ3) is 3.77. The fraction of sp³-hybridized carbons (Fsp3) is 0.571. The van der Waals surface area contributed by atoms with Gasteiger partial charge in [0, 0.05) is 12.6 Å². The van der Waals surface area contributed by atoms with Crippen LogP contribution in [0.25, 0.3) is 0 Å². The maximum atomic E-state index is 14.0. The number of sulfonamides is 1. The molecular weight excluding hydrogens is 279 g/mol. The summed E-state index contributed by atoms with van der Waals surface area (Å²) in [7, 11) is -2.01. The zero-order chi connectivity index (χ0) is 14.6. The topological polar surface area (TPSA) is 58.2 Å². The molecule has 0 aliphatic heterocycles. The Bertz CT molecular complexity index is 554. The first-order valence-corrected chi connectivity index (χ1v) is 8.46. The Balaban J connectivity index is 2.16. The first-order valence-electron chi connectivity index (χ1n) is 6.98. The van der Waals surface area contributed by atoms with Crippen LogP contribution in [0.2, 0.25) is 0 Å². The van der Waals surface area contributed by atoms with Crippen molar-refractivity contribution in [1.82, 2.24) is 10.0 Å². The smallest absolute Gasteiger partial charge is 0.243 e. The van der Waals surface area contributed by atoms with Crippen molar-refractivity contribution < 1.29 is 12.8 Å². The number of hydrogen-bond acceptors (Lipinski definition) is 3. The van der Waals surface area contributed by atoms with Gasteiger partial charge in [-0.05, 0) is 37.6 Å². The summed E-state index contributed by atoms with van der Waals surface area (Å²) in [5, 5.41) is 2.90. The molecule has 0 unspecified atom stereocenters. The second-order valence-corrected chi connectivity index (χ2v) is 6.93. The number of halogens is 1. The van der Waals surface area contributed by atoms with Gasteiger partial charge in [-0.2, -0.15) is 0 Å². The first-order chi connectivity index (χ1) is 9.53. The van der Waals surface area contributed by atoms with Crippen molar-refractivity contribution in [1.29, 1.82) is 0 Å². The van der Waals surface area contributed by atoms with Crippen molar-refractivity contribution >= 4 is 10.0 Å². The van der Waals surface area contributed by atoms with Crippen LogP contribution in [0.4, 0.5) is 4.39 Å². The summed E-state index contributed by atoms with van der Waals surface area (Å²) in [5.74, 6) is -0.693. The standard InChI is InChI=1S/C14H21FN2O2S/c1-16-10-11-7-8-14(13(15)9-11)20(18,19)17-12-5-3-2-4-6-12/h7-9,12,16-17H,2-6,10H2,1H3. The highest BCUT2D eigenvalue weighted by molar-refractivity contribution is 7.89. The van der Waals surface area contributed by atoms with E-state index >= 15 is 0 Å². The van der Waals surface area contributed by atoms with Crippen LogP contribution in [-0.2, 0) is 16.6 Å². The van der Waals surface area contributed by atoms with Gasteiger partial charge in [-0.1, -0.05) is 25.3 Å². The highest BCUT2D eigenvalue weighted by Crippen LogP contribution is 2.21. The third-order valence-electron chi connectivity index (χ3n) is 3.59. The van der Waals surface area contributed by atoms with E-state index in [0.29, 0.717) is 6.54 Å². The van der Waals surface area contributed by atoms with Gasteiger partial charge in [0.2, 0.25) is 10.0 Å². The molecule has 6 heteroatoms. The lowest BCUT2D eigenvalue weighted by molar-refractivity contribution is 0.411. The minimum absolute atomic E-state index is 0.0647. The molecule has 2 rings (SSSR count). The average Bonchev–Trinajstić information content (AvgIpc) is 2.39. The van der Waals surface area contributed by atoms with Gasteiger partial charge in [-0.25, -0.2) is 17.5 Å². The summed E-state index contributed by atoms with van der Waals surface area (Å²) in [4.78, 5) is -0.261. The van der Waals surface area contributed by atoms with Crippen LogP contribution < -0.4 is 10.0 Å². The fourth-order valence-electron chi connectivity index (χ4n) is 2.58. The van der Waals surface area contributed by atoms with Crippen LogP contribution in [0.1, 0.15) is 37.7 Å². The summed E-state index contributed by atoms with van der Waals surface area (Å²) < 4.78 is 41.0. The Morgan fingerprint density at radius 1 is 1.25 bits per heavy atom. The highest BCUT2D eigenvalue weighted by atomic mass is 32.2. The van der Waals surface area contributed by atoms with Gasteiger partial charge >= 0.3 is 0 Å². The molecule has 1 aromatic rings. The summed E-state index contributed by atoms with van der Waals surface area (Å²) >= 11 is 0. The Labute approximate surface area is 119 Å². The quantitative estimate of drug-likeness (QED) is 0.876. The van der Waals surface area contributed by atoms with E-state index < -0.39 is 15.8 Å². The van der Waals surface area contributed by atoms with Crippen LogP contribution in [-0.4, -0.2) is 21.5 Å². The first kappa shape index (κ1) is 15.4. The van der Waals surface area contributed by atoms with Gasteiger partial charge in [0.05, 0.1) is 0 Å². The summed E-state index contributed by atoms with van der Waals surface area (Å²) in [6.45, 7) is 0.507. The van der Waals surface area contributed by atoms with E-state index in [1.165, 1.54) is 12.1 Å². The summed E-state index contributed by atoms with van der Waals surface area (Å²) in [6.07, 6.45) is 4.86. The number of rotatable bonds is 5. The Morgan fingerprint density at radius 3 is 2.55 bits per heavy atom. The van der Waals surface area contributed by atoms with Gasteiger partial charge in [-0.15, -0.1) is 0 Å². The molecule has 1 aliphatic rings. The SMILES string of the molecule is CNCc1ccc(S(=O)(=O)NC2CCCCC2)c(F)c1. The second-order valence-electron chi connectivity index (χ2n) is 5.25. The monoisotopic (exact) mass is 300 g/mol. The molecule has 1 aliphatic carbocycles. The number of hydrogen-bond donors (Lipinski definition) is 2. The van der Waals surface area contributed by atoms with Crippen LogP contribution in [0.3, 0.4) is 0 Å². The lowest BCUT2D eigenvalue weighted by atomic mass is 9.96. The van der Waals surface area contributed by atoms with Gasteiger partial charge in [0.1, 0.15) is 10.7 Å². The Hall–Kier alpha value is -0.980. The molecule has 2 N–H and O–H groups in total. The van der Waals surface area contributed by atoms with Crippen molar-refractivity contribution in [3.05, 3.63) is 29.6 Å². The average molecular weight is 300 g/mol. The summed E-state index contributed by atoms with van der Waals surface area (Å²) in [6, 6.07) is 4.18. The number of nitrogens with one attached hydrogen (secondary N) is 2. The lowest BCUT2D eigenvalue weighted by Gasteiger charge is -2.22. The van der Waals surface area contributed by atoms with Gasteiger partial charge in [0.15, 0.2) is 0 Å². The minimum atomic E-state index is -3.77. The van der Waals surface area contributed by atoms with Crippen molar-refractivity contribution in [2.45, 2.75) is 49.6 Å². The molecule has 0 spiro atoms. The largest absolute Gasteiger partial charge is 0.316 e. The molecule has 0 heterocycles. The Kier molecular flexibility index (Phi) is 5.12. The molecule has 0 bridgehead atoms. The molecular formula is C14H21FN2O2S. The third-order valence-corrected chi connectivity index (χ3v) is 5.15. The van der Waals surface area contributed by atoms with Crippen molar-refractivity contribution in [3.63, 3.8) is 0 Å². The zero-order valence-electron chi connectivity index (χ0n) is 11.7. The fourth-order valence-corrected chi connectivity index (χ4v) is 3.94. The van der Waals surface area contributed by atoms with Crippen molar-refractivity contribution in [3.8, 4) is 0 Å². The molecule has 20 heavy (non-hydrogen) atoms. The van der Waals surface area contributed by atoms with Crippen LogP contribution in [0, 0.1) is 5.82 Å². The maximum absolute atomic E-state index is 14.0. The zero-order valence-corrected chi connectivity index (χ0v) is 12.5.